The number of ether oxygens (including phenoxy) is 1. The molecule has 1 fully saturated rings. The van der Waals surface area contributed by atoms with Gasteiger partial charge in [0.05, 0.1) is 12.5 Å². The largest absolute Gasteiger partial charge is 0.493 e. The van der Waals surface area contributed by atoms with Crippen molar-refractivity contribution < 1.29 is 19.4 Å². The lowest BCUT2D eigenvalue weighted by Gasteiger charge is -2.18. The first-order valence-corrected chi connectivity index (χ1v) is 9.31. The van der Waals surface area contributed by atoms with Gasteiger partial charge in [0.2, 0.25) is 5.91 Å². The number of benzene rings is 1. The molecule has 5 nitrogen and oxygen atoms in total. The van der Waals surface area contributed by atoms with Crippen molar-refractivity contribution in [3.05, 3.63) is 28.8 Å². The number of carboxylic acids is 1. The van der Waals surface area contributed by atoms with Crippen LogP contribution in [-0.2, 0) is 16.0 Å². The highest BCUT2D eigenvalue weighted by Gasteiger charge is 2.33. The molecule has 0 aliphatic carbocycles. The number of likely N-dealkylation sites (tertiary alicyclic amines) is 1. The van der Waals surface area contributed by atoms with E-state index in [-0.39, 0.29) is 18.9 Å². The van der Waals surface area contributed by atoms with E-state index in [4.69, 9.17) is 21.4 Å². The Balaban J connectivity index is 1.91. The Morgan fingerprint density at radius 2 is 2.16 bits per heavy atom. The molecule has 1 N–H and O–H groups in total. The van der Waals surface area contributed by atoms with Crippen LogP contribution in [0.4, 0.5) is 0 Å². The fourth-order valence-electron chi connectivity index (χ4n) is 3.00. The molecule has 25 heavy (non-hydrogen) atoms. The Kier molecular flexibility index (Phi) is 7.56. The minimum absolute atomic E-state index is 0.0890. The number of rotatable bonds is 10. The predicted octanol–water partition coefficient (Wildman–Crippen LogP) is 3.77. The number of carbonyl (C=O) groups is 2. The monoisotopic (exact) mass is 367 g/mol. The van der Waals surface area contributed by atoms with E-state index in [0.29, 0.717) is 24.6 Å². The minimum Gasteiger partial charge on any atom is -0.493 e. The topological polar surface area (TPSA) is 66.8 Å². The van der Waals surface area contributed by atoms with Gasteiger partial charge < -0.3 is 14.7 Å². The summed E-state index contributed by atoms with van der Waals surface area (Å²) >= 11 is 6.09. The van der Waals surface area contributed by atoms with E-state index < -0.39 is 11.9 Å². The van der Waals surface area contributed by atoms with E-state index >= 15 is 0 Å². The smallest absolute Gasteiger partial charge is 0.308 e. The van der Waals surface area contributed by atoms with Gasteiger partial charge in [-0.1, -0.05) is 37.8 Å². The molecule has 1 aromatic rings. The summed E-state index contributed by atoms with van der Waals surface area (Å²) in [5, 5.41) is 9.69. The number of hydrogen-bond donors (Lipinski definition) is 1. The minimum atomic E-state index is -0.908. The van der Waals surface area contributed by atoms with Crippen LogP contribution >= 0.6 is 11.6 Å². The number of hydrogen-bond acceptors (Lipinski definition) is 3. The fourth-order valence-corrected chi connectivity index (χ4v) is 3.20. The average Bonchev–Trinajstić information content (AvgIpc) is 2.95. The lowest BCUT2D eigenvalue weighted by Crippen LogP contribution is -2.28. The highest BCUT2D eigenvalue weighted by Crippen LogP contribution is 2.25. The van der Waals surface area contributed by atoms with Crippen molar-refractivity contribution in [3.8, 4) is 5.75 Å². The molecule has 0 spiro atoms. The summed E-state index contributed by atoms with van der Waals surface area (Å²) in [6.45, 7) is 3.60. The molecule has 2 rings (SSSR count). The van der Waals surface area contributed by atoms with E-state index in [1.165, 1.54) is 12.8 Å². The van der Waals surface area contributed by atoms with Crippen molar-refractivity contribution in [2.75, 3.05) is 19.7 Å². The maximum atomic E-state index is 11.9. The molecular weight excluding hydrogens is 342 g/mol. The Morgan fingerprint density at radius 1 is 1.36 bits per heavy atom. The molecule has 0 aromatic heterocycles. The van der Waals surface area contributed by atoms with Gasteiger partial charge in [0.1, 0.15) is 5.75 Å². The normalized spacial score (nSPS) is 17.1. The standard InChI is InChI=1S/C19H26ClNO4/c1-2-3-4-5-10-25-17-7-6-16(20)11-14(17)8-9-21-13-15(19(23)24)12-18(21)22/h6-7,11,15H,2-5,8-10,12-13H2,1H3,(H,23,24). The molecule has 1 aromatic carbocycles. The van der Waals surface area contributed by atoms with Gasteiger partial charge in [-0.3, -0.25) is 9.59 Å². The van der Waals surface area contributed by atoms with Crippen LogP contribution in [0, 0.1) is 5.92 Å². The number of amides is 1. The third-order valence-corrected chi connectivity index (χ3v) is 4.73. The Hall–Kier alpha value is -1.75. The molecule has 138 valence electrons. The molecule has 1 amide bonds. The van der Waals surface area contributed by atoms with Gasteiger partial charge in [0.25, 0.3) is 0 Å². The summed E-state index contributed by atoms with van der Waals surface area (Å²) in [4.78, 5) is 24.6. The molecule has 1 unspecified atom stereocenters. The number of halogens is 1. The first kappa shape index (κ1) is 19.6. The third kappa shape index (κ3) is 5.92. The molecule has 0 saturated carbocycles. The van der Waals surface area contributed by atoms with Crippen LogP contribution in [0.15, 0.2) is 18.2 Å². The Labute approximate surface area is 153 Å². The number of aliphatic carboxylic acids is 1. The molecule has 0 bridgehead atoms. The molecule has 1 saturated heterocycles. The summed E-state index contributed by atoms with van der Waals surface area (Å²) in [7, 11) is 0. The quantitative estimate of drug-likeness (QED) is 0.639. The summed E-state index contributed by atoms with van der Waals surface area (Å²) in [6, 6.07) is 5.52. The van der Waals surface area contributed by atoms with Gasteiger partial charge in [0, 0.05) is 24.5 Å². The van der Waals surface area contributed by atoms with E-state index in [2.05, 4.69) is 6.92 Å². The van der Waals surface area contributed by atoms with E-state index in [9.17, 15) is 9.59 Å². The van der Waals surface area contributed by atoms with Crippen molar-refractivity contribution in [3.63, 3.8) is 0 Å². The average molecular weight is 368 g/mol. The molecule has 1 atom stereocenters. The van der Waals surface area contributed by atoms with Crippen LogP contribution in [-0.4, -0.2) is 41.6 Å². The van der Waals surface area contributed by atoms with Gasteiger partial charge in [-0.05, 0) is 36.6 Å². The van der Waals surface area contributed by atoms with Crippen LogP contribution in [0.2, 0.25) is 5.02 Å². The maximum absolute atomic E-state index is 11.9. The first-order valence-electron chi connectivity index (χ1n) is 8.93. The zero-order valence-corrected chi connectivity index (χ0v) is 15.4. The van der Waals surface area contributed by atoms with Crippen molar-refractivity contribution in [1.82, 2.24) is 4.90 Å². The van der Waals surface area contributed by atoms with Gasteiger partial charge in [-0.2, -0.15) is 0 Å². The summed E-state index contributed by atoms with van der Waals surface area (Å²) in [5.41, 5.74) is 0.953. The lowest BCUT2D eigenvalue weighted by atomic mass is 10.1. The van der Waals surface area contributed by atoms with Crippen LogP contribution in [0.1, 0.15) is 44.6 Å². The SMILES string of the molecule is CCCCCCOc1ccc(Cl)cc1CCN1CC(C(=O)O)CC1=O. The molecular formula is C19H26ClNO4. The highest BCUT2D eigenvalue weighted by atomic mass is 35.5. The van der Waals surface area contributed by atoms with Crippen molar-refractivity contribution in [2.45, 2.75) is 45.4 Å². The van der Waals surface area contributed by atoms with E-state index in [1.54, 1.807) is 11.0 Å². The van der Waals surface area contributed by atoms with Crippen LogP contribution < -0.4 is 4.74 Å². The Morgan fingerprint density at radius 3 is 2.84 bits per heavy atom. The summed E-state index contributed by atoms with van der Waals surface area (Å²) in [5.74, 6) is -0.811. The van der Waals surface area contributed by atoms with Crippen molar-refractivity contribution >= 4 is 23.5 Å². The van der Waals surface area contributed by atoms with E-state index in [1.807, 2.05) is 12.1 Å². The highest BCUT2D eigenvalue weighted by molar-refractivity contribution is 6.30. The molecule has 1 aliphatic heterocycles. The fraction of sp³-hybridized carbons (Fsp3) is 0.579. The Bertz CT molecular complexity index is 605. The number of unbranched alkanes of at least 4 members (excludes halogenated alkanes) is 3. The van der Waals surface area contributed by atoms with Gasteiger partial charge >= 0.3 is 5.97 Å². The maximum Gasteiger partial charge on any atom is 0.308 e. The van der Waals surface area contributed by atoms with E-state index in [0.717, 1.165) is 24.2 Å². The van der Waals surface area contributed by atoms with Crippen molar-refractivity contribution in [1.29, 1.82) is 0 Å². The zero-order chi connectivity index (χ0) is 18.2. The summed E-state index contributed by atoms with van der Waals surface area (Å²) in [6.07, 6.45) is 5.25. The molecule has 1 heterocycles. The van der Waals surface area contributed by atoms with Crippen LogP contribution in [0.5, 0.6) is 5.75 Å². The lowest BCUT2D eigenvalue weighted by molar-refractivity contribution is -0.141. The molecule has 1 aliphatic rings. The molecule has 0 radical (unpaired) electrons. The predicted molar refractivity (Wildman–Crippen MR) is 97.1 cm³/mol. The van der Waals surface area contributed by atoms with Crippen LogP contribution in [0.25, 0.3) is 0 Å². The van der Waals surface area contributed by atoms with Gasteiger partial charge in [-0.15, -0.1) is 0 Å². The summed E-state index contributed by atoms with van der Waals surface area (Å²) < 4.78 is 5.88. The number of carbonyl (C=O) groups excluding carboxylic acids is 1. The van der Waals surface area contributed by atoms with Crippen molar-refractivity contribution in [2.24, 2.45) is 5.92 Å². The molecule has 6 heteroatoms. The first-order chi connectivity index (χ1) is 12.0. The number of nitrogens with zero attached hydrogens (tertiary/aromatic N) is 1. The van der Waals surface area contributed by atoms with Gasteiger partial charge in [-0.25, -0.2) is 0 Å². The number of carboxylic acid groups (broad SMARTS) is 1. The third-order valence-electron chi connectivity index (χ3n) is 4.49. The second-order valence-electron chi connectivity index (χ2n) is 6.49. The van der Waals surface area contributed by atoms with Gasteiger partial charge in [0.15, 0.2) is 0 Å². The second-order valence-corrected chi connectivity index (χ2v) is 6.93. The van der Waals surface area contributed by atoms with Crippen LogP contribution in [0.3, 0.4) is 0 Å². The second kappa shape index (κ2) is 9.66. The zero-order valence-electron chi connectivity index (χ0n) is 14.7.